The summed E-state index contributed by atoms with van der Waals surface area (Å²) in [6, 6.07) is 0.423. The normalized spacial score (nSPS) is 26.7. The summed E-state index contributed by atoms with van der Waals surface area (Å²) in [7, 11) is 2.06. The van der Waals surface area contributed by atoms with Crippen LogP contribution in [0.1, 0.15) is 12.8 Å². The second kappa shape index (κ2) is 3.98. The summed E-state index contributed by atoms with van der Waals surface area (Å²) in [5, 5.41) is 4.75. The zero-order chi connectivity index (χ0) is 10.8. The third-order valence-corrected chi connectivity index (χ3v) is 2.80. The Balaban J connectivity index is 1.89. The fourth-order valence-corrected chi connectivity index (χ4v) is 1.85. The highest BCUT2D eigenvalue weighted by Gasteiger charge is 2.26. The van der Waals surface area contributed by atoms with Gasteiger partial charge in [0.15, 0.2) is 0 Å². The standard InChI is InChI=1S/C9H14N4O2/c1-13-4-2-3-6(13)5-10-9-11-7(14)8(15)12-9/h6H,2-5H2,1H3,(H2,10,11,12,14,15). The smallest absolute Gasteiger partial charge is 0.302 e. The van der Waals surface area contributed by atoms with Crippen molar-refractivity contribution in [3.63, 3.8) is 0 Å². The van der Waals surface area contributed by atoms with Gasteiger partial charge in [-0.2, -0.15) is 0 Å². The largest absolute Gasteiger partial charge is 0.316 e. The van der Waals surface area contributed by atoms with Crippen LogP contribution in [0.2, 0.25) is 0 Å². The van der Waals surface area contributed by atoms with E-state index in [1.54, 1.807) is 0 Å². The van der Waals surface area contributed by atoms with E-state index in [2.05, 4.69) is 27.6 Å². The molecular formula is C9H14N4O2. The number of guanidine groups is 1. The van der Waals surface area contributed by atoms with Crippen molar-refractivity contribution in [1.82, 2.24) is 15.5 Å². The minimum absolute atomic E-state index is 0.283. The number of aliphatic imine (C=N–C) groups is 1. The molecule has 2 rings (SSSR count). The number of likely N-dealkylation sites (N-methyl/N-ethyl adjacent to an activating group) is 1. The van der Waals surface area contributed by atoms with Crippen molar-refractivity contribution in [3.8, 4) is 0 Å². The van der Waals surface area contributed by atoms with Crippen molar-refractivity contribution < 1.29 is 9.59 Å². The number of amides is 2. The first-order chi connectivity index (χ1) is 7.16. The van der Waals surface area contributed by atoms with Crippen LogP contribution in [0.5, 0.6) is 0 Å². The summed E-state index contributed by atoms with van der Waals surface area (Å²) in [6.07, 6.45) is 2.31. The minimum Gasteiger partial charge on any atom is -0.302 e. The molecular weight excluding hydrogens is 196 g/mol. The van der Waals surface area contributed by atoms with Crippen LogP contribution in [0.4, 0.5) is 0 Å². The molecule has 0 aromatic heterocycles. The van der Waals surface area contributed by atoms with E-state index in [1.165, 1.54) is 6.42 Å². The van der Waals surface area contributed by atoms with Crippen LogP contribution in [0.15, 0.2) is 4.99 Å². The third kappa shape index (κ3) is 2.15. The van der Waals surface area contributed by atoms with E-state index in [0.29, 0.717) is 12.6 Å². The Morgan fingerprint density at radius 3 is 2.60 bits per heavy atom. The van der Waals surface area contributed by atoms with E-state index in [1.807, 2.05) is 0 Å². The maximum Gasteiger partial charge on any atom is 0.316 e. The number of nitrogens with zero attached hydrogens (tertiary/aromatic N) is 2. The molecule has 2 aliphatic rings. The van der Waals surface area contributed by atoms with Crippen molar-refractivity contribution in [2.24, 2.45) is 4.99 Å². The average Bonchev–Trinajstić information content (AvgIpc) is 2.72. The Hall–Kier alpha value is -1.43. The second-order valence-corrected chi connectivity index (χ2v) is 3.87. The van der Waals surface area contributed by atoms with Gasteiger partial charge in [-0.05, 0) is 26.4 Å². The highest BCUT2D eigenvalue weighted by molar-refractivity contribution is 6.45. The van der Waals surface area contributed by atoms with E-state index < -0.39 is 11.8 Å². The maximum atomic E-state index is 10.8. The number of hydrogen-bond donors (Lipinski definition) is 2. The second-order valence-electron chi connectivity index (χ2n) is 3.87. The Labute approximate surface area is 87.7 Å². The Bertz CT molecular complexity index is 308. The van der Waals surface area contributed by atoms with Crippen molar-refractivity contribution in [2.75, 3.05) is 20.1 Å². The summed E-state index contributed by atoms with van der Waals surface area (Å²) in [5.74, 6) is -0.979. The average molecular weight is 210 g/mol. The highest BCUT2D eigenvalue weighted by atomic mass is 16.2. The van der Waals surface area contributed by atoms with Crippen LogP contribution < -0.4 is 10.6 Å². The monoisotopic (exact) mass is 210 g/mol. The number of nitrogens with one attached hydrogen (secondary N) is 2. The molecule has 0 saturated carbocycles. The number of carbonyl (C=O) groups is 2. The van der Waals surface area contributed by atoms with Crippen LogP contribution in [0.25, 0.3) is 0 Å². The summed E-state index contributed by atoms with van der Waals surface area (Å²) in [4.78, 5) is 28.1. The van der Waals surface area contributed by atoms with Gasteiger partial charge in [0, 0.05) is 6.04 Å². The van der Waals surface area contributed by atoms with Gasteiger partial charge in [0.05, 0.1) is 6.54 Å². The van der Waals surface area contributed by atoms with Crippen LogP contribution in [-0.2, 0) is 9.59 Å². The van der Waals surface area contributed by atoms with Gasteiger partial charge >= 0.3 is 11.8 Å². The van der Waals surface area contributed by atoms with Crippen molar-refractivity contribution in [2.45, 2.75) is 18.9 Å². The lowest BCUT2D eigenvalue weighted by Crippen LogP contribution is -2.31. The van der Waals surface area contributed by atoms with E-state index in [4.69, 9.17) is 0 Å². The molecule has 1 atom stereocenters. The molecule has 2 N–H and O–H groups in total. The summed E-state index contributed by atoms with van der Waals surface area (Å²) in [6.45, 7) is 1.71. The lowest BCUT2D eigenvalue weighted by atomic mass is 10.2. The van der Waals surface area contributed by atoms with Crippen molar-refractivity contribution in [1.29, 1.82) is 0 Å². The molecule has 2 fully saturated rings. The number of rotatable bonds is 2. The molecule has 0 spiro atoms. The first-order valence-electron chi connectivity index (χ1n) is 5.04. The Morgan fingerprint density at radius 1 is 1.40 bits per heavy atom. The van der Waals surface area contributed by atoms with Crippen LogP contribution in [0, 0.1) is 0 Å². The first-order valence-corrected chi connectivity index (χ1v) is 5.04. The van der Waals surface area contributed by atoms with Gasteiger partial charge in [-0.1, -0.05) is 0 Å². The molecule has 82 valence electrons. The molecule has 1 unspecified atom stereocenters. The minimum atomic E-state index is -0.631. The zero-order valence-electron chi connectivity index (χ0n) is 8.62. The van der Waals surface area contributed by atoms with E-state index in [0.717, 1.165) is 13.0 Å². The molecule has 2 aliphatic heterocycles. The molecule has 0 aromatic rings. The Kier molecular flexibility index (Phi) is 2.68. The molecule has 2 amide bonds. The number of hydrogen-bond acceptors (Lipinski definition) is 4. The van der Waals surface area contributed by atoms with Crippen LogP contribution in [-0.4, -0.2) is 48.9 Å². The quantitative estimate of drug-likeness (QED) is 0.555. The zero-order valence-corrected chi connectivity index (χ0v) is 8.62. The number of likely N-dealkylation sites (tertiary alicyclic amines) is 1. The van der Waals surface area contributed by atoms with Gasteiger partial charge in [0.25, 0.3) is 0 Å². The molecule has 2 heterocycles. The lowest BCUT2D eigenvalue weighted by molar-refractivity contribution is -0.135. The predicted molar refractivity (Wildman–Crippen MR) is 54.2 cm³/mol. The first kappa shape index (κ1) is 10.1. The van der Waals surface area contributed by atoms with Crippen molar-refractivity contribution >= 4 is 17.8 Å². The summed E-state index contributed by atoms with van der Waals surface area (Å²) >= 11 is 0. The molecule has 0 aromatic carbocycles. The van der Waals surface area contributed by atoms with Gasteiger partial charge in [0.2, 0.25) is 5.96 Å². The van der Waals surface area contributed by atoms with E-state index in [9.17, 15) is 9.59 Å². The van der Waals surface area contributed by atoms with Crippen LogP contribution >= 0.6 is 0 Å². The highest BCUT2D eigenvalue weighted by Crippen LogP contribution is 2.14. The van der Waals surface area contributed by atoms with Gasteiger partial charge in [0.1, 0.15) is 0 Å². The molecule has 0 aliphatic carbocycles. The molecule has 0 radical (unpaired) electrons. The third-order valence-electron chi connectivity index (χ3n) is 2.80. The van der Waals surface area contributed by atoms with Gasteiger partial charge in [-0.15, -0.1) is 0 Å². The molecule has 2 saturated heterocycles. The van der Waals surface area contributed by atoms with Gasteiger partial charge in [-0.3, -0.25) is 25.2 Å². The molecule has 6 nitrogen and oxygen atoms in total. The fraction of sp³-hybridized carbons (Fsp3) is 0.667. The number of carbonyl (C=O) groups excluding carboxylic acids is 2. The SMILES string of the molecule is CN1CCCC1CN=C1NC(=O)C(=O)N1. The topological polar surface area (TPSA) is 73.8 Å². The van der Waals surface area contributed by atoms with Gasteiger partial charge in [-0.25, -0.2) is 0 Å². The van der Waals surface area contributed by atoms with Gasteiger partial charge < -0.3 is 4.90 Å². The lowest BCUT2D eigenvalue weighted by Gasteiger charge is -2.16. The summed E-state index contributed by atoms with van der Waals surface area (Å²) in [5.41, 5.74) is 0. The maximum absolute atomic E-state index is 10.8. The van der Waals surface area contributed by atoms with Crippen LogP contribution in [0.3, 0.4) is 0 Å². The predicted octanol–water partition coefficient (Wildman–Crippen LogP) is -1.32. The van der Waals surface area contributed by atoms with E-state index >= 15 is 0 Å². The molecule has 6 heteroatoms. The van der Waals surface area contributed by atoms with Crippen molar-refractivity contribution in [3.05, 3.63) is 0 Å². The Morgan fingerprint density at radius 2 is 2.07 bits per heavy atom. The summed E-state index contributed by atoms with van der Waals surface area (Å²) < 4.78 is 0. The van der Waals surface area contributed by atoms with E-state index in [-0.39, 0.29) is 5.96 Å². The molecule has 15 heavy (non-hydrogen) atoms. The fourth-order valence-electron chi connectivity index (χ4n) is 1.85. The molecule has 0 bridgehead atoms.